The number of rotatable bonds is 7. The summed E-state index contributed by atoms with van der Waals surface area (Å²) in [6.07, 6.45) is 2.91. The molecule has 0 aliphatic heterocycles. The van der Waals surface area contributed by atoms with Crippen molar-refractivity contribution in [3.63, 3.8) is 0 Å². The largest absolute Gasteiger partial charge is 0.497 e. The minimum atomic E-state index is -0.559. The van der Waals surface area contributed by atoms with Crippen LogP contribution in [0.2, 0.25) is 0 Å². The smallest absolute Gasteiger partial charge is 0.337 e. The first kappa shape index (κ1) is 20.8. The first-order valence-corrected chi connectivity index (χ1v) is 9.64. The number of nitro groups is 1. The standard InChI is InChI=1S/C22H19N5O5/c1-3-10-25-21(28)19-20(26(22(25)29)16-7-5-9-18(12-16)32-2)23-14-24(19)13-15-6-4-8-17(11-15)27(30)31/h3-9,11-12,14H,1,10,13H2,2H3. The van der Waals surface area contributed by atoms with Crippen molar-refractivity contribution in [2.45, 2.75) is 13.1 Å². The number of benzene rings is 2. The molecule has 0 N–H and O–H groups in total. The summed E-state index contributed by atoms with van der Waals surface area (Å²) in [5.41, 5.74) is 0.345. The maximum absolute atomic E-state index is 13.2. The van der Waals surface area contributed by atoms with Crippen LogP contribution in [0, 0.1) is 10.1 Å². The van der Waals surface area contributed by atoms with Crippen molar-refractivity contribution in [3.05, 3.63) is 104 Å². The lowest BCUT2D eigenvalue weighted by atomic mass is 10.2. The second-order valence-corrected chi connectivity index (χ2v) is 7.00. The fourth-order valence-corrected chi connectivity index (χ4v) is 3.54. The zero-order valence-corrected chi connectivity index (χ0v) is 17.2. The monoisotopic (exact) mass is 433 g/mol. The highest BCUT2D eigenvalue weighted by molar-refractivity contribution is 5.72. The Morgan fingerprint density at radius 3 is 2.69 bits per heavy atom. The SMILES string of the molecule is C=CCn1c(=O)c2c(ncn2Cc2cccc([N+](=O)[O-])c2)n(-c2cccc(OC)c2)c1=O. The van der Waals surface area contributed by atoms with Crippen molar-refractivity contribution in [1.82, 2.24) is 18.7 Å². The van der Waals surface area contributed by atoms with Crippen LogP contribution in [0.15, 0.2) is 77.1 Å². The van der Waals surface area contributed by atoms with E-state index in [2.05, 4.69) is 11.6 Å². The van der Waals surface area contributed by atoms with Crippen molar-refractivity contribution in [1.29, 1.82) is 0 Å². The molecule has 0 unspecified atom stereocenters. The second kappa shape index (κ2) is 8.34. The first-order valence-electron chi connectivity index (χ1n) is 9.64. The van der Waals surface area contributed by atoms with Gasteiger partial charge >= 0.3 is 5.69 Å². The summed E-state index contributed by atoms with van der Waals surface area (Å²) in [4.78, 5) is 41.4. The summed E-state index contributed by atoms with van der Waals surface area (Å²) >= 11 is 0. The van der Waals surface area contributed by atoms with E-state index in [1.807, 2.05) is 0 Å². The lowest BCUT2D eigenvalue weighted by molar-refractivity contribution is -0.384. The van der Waals surface area contributed by atoms with Crippen LogP contribution in [0.25, 0.3) is 16.9 Å². The van der Waals surface area contributed by atoms with E-state index >= 15 is 0 Å². The molecule has 0 spiro atoms. The molecule has 2 aromatic carbocycles. The number of aromatic nitrogens is 4. The van der Waals surface area contributed by atoms with Crippen LogP contribution in [0.4, 0.5) is 5.69 Å². The third-order valence-corrected chi connectivity index (χ3v) is 5.00. The van der Waals surface area contributed by atoms with Crippen molar-refractivity contribution >= 4 is 16.9 Å². The molecule has 2 aromatic heterocycles. The van der Waals surface area contributed by atoms with Crippen LogP contribution in [-0.4, -0.2) is 30.7 Å². The van der Waals surface area contributed by atoms with E-state index in [1.165, 1.54) is 36.2 Å². The van der Waals surface area contributed by atoms with Crippen LogP contribution in [0.1, 0.15) is 5.56 Å². The number of hydrogen-bond donors (Lipinski definition) is 0. The Hall–Kier alpha value is -4.47. The molecule has 10 nitrogen and oxygen atoms in total. The van der Waals surface area contributed by atoms with Gasteiger partial charge in [0, 0.05) is 31.3 Å². The van der Waals surface area contributed by atoms with Gasteiger partial charge in [-0.3, -0.25) is 19.5 Å². The molecule has 162 valence electrons. The average Bonchev–Trinajstić information content (AvgIpc) is 3.20. The molecule has 0 fully saturated rings. The number of fused-ring (bicyclic) bond motifs is 1. The third kappa shape index (κ3) is 3.58. The number of non-ortho nitro benzene ring substituents is 1. The highest BCUT2D eigenvalue weighted by Crippen LogP contribution is 2.20. The van der Waals surface area contributed by atoms with Gasteiger partial charge in [-0.1, -0.05) is 24.3 Å². The summed E-state index contributed by atoms with van der Waals surface area (Å²) < 4.78 is 9.25. The number of nitrogens with zero attached hydrogens (tertiary/aromatic N) is 5. The van der Waals surface area contributed by atoms with Gasteiger partial charge in [0.2, 0.25) is 0 Å². The number of imidazole rings is 1. The molecule has 0 bridgehead atoms. The van der Waals surface area contributed by atoms with Crippen LogP contribution in [0.5, 0.6) is 5.75 Å². The van der Waals surface area contributed by atoms with E-state index in [0.29, 0.717) is 17.0 Å². The predicted octanol–water partition coefficient (Wildman–Crippen LogP) is 2.50. The van der Waals surface area contributed by atoms with Crippen molar-refractivity contribution in [2.24, 2.45) is 0 Å². The molecule has 2 heterocycles. The summed E-state index contributed by atoms with van der Waals surface area (Å²) in [5.74, 6) is 0.542. The Morgan fingerprint density at radius 1 is 1.19 bits per heavy atom. The number of ether oxygens (including phenoxy) is 1. The summed E-state index contributed by atoms with van der Waals surface area (Å²) in [5, 5.41) is 11.1. The molecule has 4 rings (SSSR count). The van der Waals surface area contributed by atoms with Gasteiger partial charge in [-0.15, -0.1) is 6.58 Å². The number of methoxy groups -OCH3 is 1. The molecule has 0 saturated heterocycles. The maximum atomic E-state index is 13.2. The molecule has 0 radical (unpaired) electrons. The Labute approximate surface area is 181 Å². The molecule has 0 amide bonds. The van der Waals surface area contributed by atoms with Gasteiger partial charge in [-0.05, 0) is 17.7 Å². The molecule has 10 heteroatoms. The van der Waals surface area contributed by atoms with E-state index in [-0.39, 0.29) is 29.9 Å². The molecule has 0 aliphatic carbocycles. The summed E-state index contributed by atoms with van der Waals surface area (Å²) in [6, 6.07) is 13.0. The van der Waals surface area contributed by atoms with E-state index in [9.17, 15) is 19.7 Å². The minimum absolute atomic E-state index is 0.0135. The van der Waals surface area contributed by atoms with Crippen LogP contribution in [0.3, 0.4) is 0 Å². The van der Waals surface area contributed by atoms with Gasteiger partial charge in [0.1, 0.15) is 5.75 Å². The van der Waals surface area contributed by atoms with Crippen molar-refractivity contribution in [3.8, 4) is 11.4 Å². The second-order valence-electron chi connectivity index (χ2n) is 7.00. The number of hydrogen-bond acceptors (Lipinski definition) is 6. The minimum Gasteiger partial charge on any atom is -0.497 e. The maximum Gasteiger partial charge on any atom is 0.337 e. The van der Waals surface area contributed by atoms with Crippen molar-refractivity contribution in [2.75, 3.05) is 7.11 Å². The molecule has 0 aliphatic rings. The highest BCUT2D eigenvalue weighted by Gasteiger charge is 2.19. The summed E-state index contributed by atoms with van der Waals surface area (Å²) in [6.45, 7) is 3.82. The normalized spacial score (nSPS) is 10.9. The third-order valence-electron chi connectivity index (χ3n) is 5.00. The van der Waals surface area contributed by atoms with E-state index < -0.39 is 16.2 Å². The van der Waals surface area contributed by atoms with E-state index in [1.54, 1.807) is 41.0 Å². The van der Waals surface area contributed by atoms with Crippen LogP contribution in [-0.2, 0) is 13.1 Å². The molecule has 32 heavy (non-hydrogen) atoms. The Balaban J connectivity index is 1.96. The average molecular weight is 433 g/mol. The predicted molar refractivity (Wildman–Crippen MR) is 119 cm³/mol. The summed E-state index contributed by atoms with van der Waals surface area (Å²) in [7, 11) is 1.52. The molecular formula is C22H19N5O5. The zero-order valence-electron chi connectivity index (χ0n) is 17.2. The quantitative estimate of drug-likeness (QED) is 0.251. The van der Waals surface area contributed by atoms with Gasteiger partial charge in [0.05, 0.1) is 24.0 Å². The van der Waals surface area contributed by atoms with Gasteiger partial charge in [-0.25, -0.2) is 14.3 Å². The van der Waals surface area contributed by atoms with Crippen LogP contribution < -0.4 is 16.0 Å². The lowest BCUT2D eigenvalue weighted by Gasteiger charge is -2.12. The molecule has 4 aromatic rings. The fourth-order valence-electron chi connectivity index (χ4n) is 3.54. The molecule has 0 atom stereocenters. The Bertz CT molecular complexity index is 1460. The van der Waals surface area contributed by atoms with Crippen LogP contribution >= 0.6 is 0 Å². The Kier molecular flexibility index (Phi) is 5.42. The molecular weight excluding hydrogens is 414 g/mol. The van der Waals surface area contributed by atoms with Gasteiger partial charge in [0.25, 0.3) is 11.2 Å². The topological polar surface area (TPSA) is 114 Å². The van der Waals surface area contributed by atoms with Gasteiger partial charge in [0.15, 0.2) is 11.2 Å². The fraction of sp³-hybridized carbons (Fsp3) is 0.136. The highest BCUT2D eigenvalue weighted by atomic mass is 16.6. The van der Waals surface area contributed by atoms with E-state index in [0.717, 1.165) is 4.57 Å². The van der Waals surface area contributed by atoms with Crippen molar-refractivity contribution < 1.29 is 9.66 Å². The Morgan fingerprint density at radius 2 is 1.97 bits per heavy atom. The lowest BCUT2D eigenvalue weighted by Crippen LogP contribution is -2.39. The van der Waals surface area contributed by atoms with Gasteiger partial charge in [-0.2, -0.15) is 0 Å². The number of nitro benzene ring substituents is 1. The van der Waals surface area contributed by atoms with Gasteiger partial charge < -0.3 is 9.30 Å². The number of allylic oxidation sites excluding steroid dienone is 1. The van der Waals surface area contributed by atoms with E-state index in [4.69, 9.17) is 4.74 Å². The first-order chi connectivity index (χ1) is 15.4. The zero-order chi connectivity index (χ0) is 22.8. The molecule has 0 saturated carbocycles.